The zero-order valence-corrected chi connectivity index (χ0v) is 23.4. The molecule has 0 bridgehead atoms. The monoisotopic (exact) mass is 531 g/mol. The maximum Gasteiger partial charge on any atom is 0.254 e. The average molecular weight is 532 g/mol. The zero-order valence-electron chi connectivity index (χ0n) is 22.6. The van der Waals surface area contributed by atoms with Gasteiger partial charge in [0.1, 0.15) is 5.75 Å². The first kappa shape index (κ1) is 29.1. The Balaban J connectivity index is 1.74. The van der Waals surface area contributed by atoms with Crippen LogP contribution in [-0.4, -0.2) is 71.3 Å². The predicted molar refractivity (Wildman–Crippen MR) is 146 cm³/mol. The van der Waals surface area contributed by atoms with E-state index < -0.39 is 10.0 Å². The van der Waals surface area contributed by atoms with E-state index in [0.717, 1.165) is 29.7 Å². The molecule has 1 aliphatic rings. The minimum atomic E-state index is -3.67. The molecule has 2 aromatic carbocycles. The Morgan fingerprint density at radius 3 is 2.51 bits per heavy atom. The number of sulfonamides is 1. The van der Waals surface area contributed by atoms with Gasteiger partial charge in [0, 0.05) is 63.3 Å². The predicted octanol–water partition coefficient (Wildman–Crippen LogP) is 3.39. The molecule has 2 N–H and O–H groups in total. The third-order valence-corrected chi connectivity index (χ3v) is 8.24. The second-order valence-corrected chi connectivity index (χ2v) is 11.6. The summed E-state index contributed by atoms with van der Waals surface area (Å²) in [7, 11) is -2.01. The van der Waals surface area contributed by atoms with Crippen LogP contribution in [0.5, 0.6) is 5.75 Å². The van der Waals surface area contributed by atoms with Gasteiger partial charge in [-0.05, 0) is 57.0 Å². The summed E-state index contributed by atoms with van der Waals surface area (Å²) in [4.78, 5) is 15.7. The van der Waals surface area contributed by atoms with Gasteiger partial charge in [0.2, 0.25) is 10.0 Å². The number of benzene rings is 2. The van der Waals surface area contributed by atoms with Crippen molar-refractivity contribution in [3.8, 4) is 5.75 Å². The highest BCUT2D eigenvalue weighted by Crippen LogP contribution is 2.24. The lowest BCUT2D eigenvalue weighted by molar-refractivity contribution is 0.0671. The summed E-state index contributed by atoms with van der Waals surface area (Å²) in [5.41, 5.74) is 2.62. The van der Waals surface area contributed by atoms with Crippen LogP contribution < -0.4 is 14.8 Å². The molecule has 0 spiro atoms. The van der Waals surface area contributed by atoms with E-state index in [0.29, 0.717) is 38.4 Å². The van der Waals surface area contributed by atoms with Gasteiger partial charge in [-0.2, -0.15) is 0 Å². The van der Waals surface area contributed by atoms with Crippen molar-refractivity contribution in [3.05, 3.63) is 59.2 Å². The molecule has 2 aromatic rings. The second-order valence-electron chi connectivity index (χ2n) is 9.88. The van der Waals surface area contributed by atoms with E-state index >= 15 is 0 Å². The molecule has 9 heteroatoms. The molecule has 1 fully saturated rings. The summed E-state index contributed by atoms with van der Waals surface area (Å²) < 4.78 is 39.9. The first-order valence-electron chi connectivity index (χ1n) is 13.0. The molecular weight excluding hydrogens is 490 g/mol. The van der Waals surface area contributed by atoms with E-state index in [1.54, 1.807) is 31.4 Å². The van der Waals surface area contributed by atoms with E-state index in [2.05, 4.69) is 17.0 Å². The average Bonchev–Trinajstić information content (AvgIpc) is 3.30. The van der Waals surface area contributed by atoms with Crippen molar-refractivity contribution < 1.29 is 22.7 Å². The Bertz CT molecular complexity index is 1140. The molecule has 1 saturated heterocycles. The normalized spacial score (nSPS) is 17.8. The molecule has 204 valence electrons. The molecule has 3 rings (SSSR count). The summed E-state index contributed by atoms with van der Waals surface area (Å²) in [6.07, 6.45) is 1.57. The second kappa shape index (κ2) is 13.4. The van der Waals surface area contributed by atoms with Crippen molar-refractivity contribution in [1.82, 2.24) is 14.9 Å². The maximum atomic E-state index is 13.6. The molecule has 1 aliphatic heterocycles. The fraction of sp³-hybridized carbons (Fsp3) is 0.536. The van der Waals surface area contributed by atoms with Gasteiger partial charge in [0.05, 0.1) is 11.5 Å². The molecule has 1 amide bonds. The third kappa shape index (κ3) is 7.77. The van der Waals surface area contributed by atoms with E-state index in [1.165, 1.54) is 0 Å². The minimum absolute atomic E-state index is 0.0561. The zero-order chi connectivity index (χ0) is 27.0. The molecule has 1 heterocycles. The molecule has 2 atom stereocenters. The van der Waals surface area contributed by atoms with Crippen LogP contribution in [0, 0.1) is 12.8 Å². The quantitative estimate of drug-likeness (QED) is 0.385. The number of carbonyl (C=O) groups excluding carboxylic acids is 1. The lowest BCUT2D eigenvalue weighted by Crippen LogP contribution is -2.47. The number of hydrogen-bond acceptors (Lipinski definition) is 6. The van der Waals surface area contributed by atoms with Crippen molar-refractivity contribution in [2.45, 2.75) is 57.5 Å². The van der Waals surface area contributed by atoms with Crippen molar-refractivity contribution >= 4 is 15.9 Å². The lowest BCUT2D eigenvalue weighted by Gasteiger charge is -2.32. The molecule has 0 saturated carbocycles. The Labute approximate surface area is 221 Å². The first-order chi connectivity index (χ1) is 17.7. The van der Waals surface area contributed by atoms with E-state index in [-0.39, 0.29) is 28.8 Å². The molecule has 0 aromatic heterocycles. The van der Waals surface area contributed by atoms with Gasteiger partial charge < -0.3 is 19.7 Å². The summed E-state index contributed by atoms with van der Waals surface area (Å²) >= 11 is 0. The van der Waals surface area contributed by atoms with Crippen LogP contribution in [0.2, 0.25) is 0 Å². The molecule has 0 unspecified atom stereocenters. The first-order valence-corrected chi connectivity index (χ1v) is 14.5. The minimum Gasteiger partial charge on any atom is -0.493 e. The van der Waals surface area contributed by atoms with Crippen LogP contribution in [0.1, 0.15) is 48.7 Å². The van der Waals surface area contributed by atoms with Crippen LogP contribution in [0.15, 0.2) is 47.4 Å². The van der Waals surface area contributed by atoms with Crippen LogP contribution in [-0.2, 0) is 21.2 Å². The number of rotatable bonds is 13. The number of hydrogen-bond donors (Lipinski definition) is 2. The van der Waals surface area contributed by atoms with Crippen LogP contribution >= 0.6 is 0 Å². The third-order valence-electron chi connectivity index (χ3n) is 6.74. The van der Waals surface area contributed by atoms with E-state index in [9.17, 15) is 13.2 Å². The number of carbonyl (C=O) groups is 1. The van der Waals surface area contributed by atoms with E-state index in [1.807, 2.05) is 43.9 Å². The van der Waals surface area contributed by atoms with Crippen LogP contribution in [0.4, 0.5) is 0 Å². The highest BCUT2D eigenvalue weighted by Gasteiger charge is 2.34. The number of aryl methyl sites for hydroxylation is 2. The van der Waals surface area contributed by atoms with Crippen molar-refractivity contribution in [3.63, 3.8) is 0 Å². The van der Waals surface area contributed by atoms with Crippen molar-refractivity contribution in [1.29, 1.82) is 0 Å². The van der Waals surface area contributed by atoms with Crippen molar-refractivity contribution in [2.24, 2.45) is 5.92 Å². The summed E-state index contributed by atoms with van der Waals surface area (Å²) in [5.74, 6) is 0.567. The van der Waals surface area contributed by atoms with Gasteiger partial charge in [-0.3, -0.25) is 4.79 Å². The summed E-state index contributed by atoms with van der Waals surface area (Å²) in [6.45, 7) is 10.6. The van der Waals surface area contributed by atoms with Crippen LogP contribution in [0.25, 0.3) is 0 Å². The van der Waals surface area contributed by atoms with Gasteiger partial charge in [-0.15, -0.1) is 0 Å². The number of nitrogens with one attached hydrogen (secondary N) is 2. The fourth-order valence-electron chi connectivity index (χ4n) is 4.49. The van der Waals surface area contributed by atoms with Gasteiger partial charge in [-0.25, -0.2) is 13.1 Å². The fourth-order valence-corrected chi connectivity index (χ4v) is 5.80. The Kier molecular flexibility index (Phi) is 10.5. The molecule has 0 radical (unpaired) electrons. The van der Waals surface area contributed by atoms with Crippen LogP contribution in [0.3, 0.4) is 0 Å². The highest BCUT2D eigenvalue weighted by molar-refractivity contribution is 7.89. The standard InChI is InChI=1S/C28H41N3O5S/c1-6-22-10-11-23(16-27(22)36-15-7-14-35-5)28(32)31(20(2)3)19-24-17-29-18-26(24)30-37(33,34)25-12-8-21(4)9-13-25/h8-13,16,20,24,26,29-30H,6-7,14-15,17-19H2,1-5H3/t24-,26+/m1/s1. The number of amides is 1. The highest BCUT2D eigenvalue weighted by atomic mass is 32.2. The molecular formula is C28H41N3O5S. The SMILES string of the molecule is CCc1ccc(C(=O)N(C[C@H]2CNC[C@@H]2NS(=O)(=O)c2ccc(C)cc2)C(C)C)cc1OCCCOC. The smallest absolute Gasteiger partial charge is 0.254 e. The maximum absolute atomic E-state index is 13.6. The van der Waals surface area contributed by atoms with Gasteiger partial charge in [-0.1, -0.05) is 30.7 Å². The number of ether oxygens (including phenoxy) is 2. The molecule has 8 nitrogen and oxygen atoms in total. The number of methoxy groups -OCH3 is 1. The Morgan fingerprint density at radius 1 is 1.14 bits per heavy atom. The topological polar surface area (TPSA) is 97.0 Å². The van der Waals surface area contributed by atoms with Gasteiger partial charge >= 0.3 is 0 Å². The van der Waals surface area contributed by atoms with Gasteiger partial charge in [0.15, 0.2) is 0 Å². The summed E-state index contributed by atoms with van der Waals surface area (Å²) in [6, 6.07) is 12.1. The largest absolute Gasteiger partial charge is 0.493 e. The molecule has 37 heavy (non-hydrogen) atoms. The summed E-state index contributed by atoms with van der Waals surface area (Å²) in [5, 5.41) is 3.29. The number of nitrogens with zero attached hydrogens (tertiary/aromatic N) is 1. The van der Waals surface area contributed by atoms with Gasteiger partial charge in [0.25, 0.3) is 5.91 Å². The Morgan fingerprint density at radius 2 is 1.86 bits per heavy atom. The lowest BCUT2D eigenvalue weighted by atomic mass is 10.0. The van der Waals surface area contributed by atoms with Crippen molar-refractivity contribution in [2.75, 3.05) is 40.0 Å². The van der Waals surface area contributed by atoms with E-state index in [4.69, 9.17) is 9.47 Å². The Hall–Kier alpha value is -2.46. The molecule has 0 aliphatic carbocycles.